The number of hydrogen-bond donors (Lipinski definition) is 13. The van der Waals surface area contributed by atoms with Crippen molar-refractivity contribution in [2.75, 3.05) is 32.7 Å². The fourth-order valence-corrected chi connectivity index (χ4v) is 9.60. The zero-order valence-electron chi connectivity index (χ0n) is 61.0. The van der Waals surface area contributed by atoms with Crippen LogP contribution < -0.4 is 58.5 Å². The van der Waals surface area contributed by atoms with Gasteiger partial charge in [-0.25, -0.2) is 28.8 Å². The average Bonchev–Trinajstić information content (AvgIpc) is 1.73. The minimum atomic E-state index is -1.70. The number of aliphatic hydroxyl groups is 1. The summed E-state index contributed by atoms with van der Waals surface area (Å²) in [5.74, 6) is -4.33. The van der Waals surface area contributed by atoms with Crippen molar-refractivity contribution in [3.63, 3.8) is 0 Å². The van der Waals surface area contributed by atoms with Crippen molar-refractivity contribution in [3.8, 4) is 16.9 Å². The monoisotopic (exact) mass is 1400 g/mol. The standard InChI is InChI=1S/C69H111N11O19/c1-64(2,3)94-58(88)71-31-21-26-46(76-62(92)98-68(13,14)15)39-73-53(83)37-45(75-61(91)97-67(10,11)12)25-20-30-70-54(84)48(27-22-32-72-59(89)95-65(4,5)6)77-55(85)49-34-41-23-19-24-42(33-41)43-28-29-52(82)44(35-43)36-50(80-63(93)99-69(16,17)18)56(86)79-51(57(87)78-49)38-47(81)40-74-60(90)96-66(7,8)9/h19,23-24,28-29,33,35,45-51,81-82H,20-22,25-27,30-32,34,36-40H2,1-18H3,(H,70,84)(H,71,88)(H,72,89)(H,73,83)(H,74,90)(H,75,91)(H,76,92)(H,77,85)(H,78,87)(H,79,86)(H,80,93)/t45-,46-,47+,48-,49-,50-,51-/m0/s1. The number of nitrogens with one attached hydrogen (secondary N) is 11. The molecule has 556 valence electrons. The molecule has 0 spiro atoms. The molecule has 13 N–H and O–H groups in total. The third kappa shape index (κ3) is 37.1. The van der Waals surface area contributed by atoms with Gasteiger partial charge in [-0.05, 0) is 198 Å². The molecule has 0 unspecified atom stereocenters. The Labute approximate surface area is 581 Å². The zero-order chi connectivity index (χ0) is 74.9. The van der Waals surface area contributed by atoms with Crippen LogP contribution in [0.4, 0.5) is 28.8 Å². The molecule has 3 rings (SSSR count). The molecule has 0 aromatic heterocycles. The van der Waals surface area contributed by atoms with E-state index >= 15 is 4.79 Å². The molecular formula is C69H111N11O19. The van der Waals surface area contributed by atoms with E-state index in [0.29, 0.717) is 29.5 Å². The Kier molecular flexibility index (Phi) is 32.3. The van der Waals surface area contributed by atoms with Crippen molar-refractivity contribution in [2.45, 2.75) is 265 Å². The first-order valence-corrected chi connectivity index (χ1v) is 33.5. The van der Waals surface area contributed by atoms with Gasteiger partial charge in [-0.15, -0.1) is 0 Å². The molecule has 1 aliphatic heterocycles. The van der Waals surface area contributed by atoms with Crippen LogP contribution in [0.1, 0.15) is 187 Å². The van der Waals surface area contributed by atoms with Crippen molar-refractivity contribution >= 4 is 66.1 Å². The van der Waals surface area contributed by atoms with E-state index in [9.17, 15) is 58.2 Å². The van der Waals surface area contributed by atoms with E-state index < -0.39 is 155 Å². The molecule has 0 saturated carbocycles. The molecule has 11 amide bonds. The van der Waals surface area contributed by atoms with Crippen molar-refractivity contribution in [2.24, 2.45) is 0 Å². The van der Waals surface area contributed by atoms with Gasteiger partial charge in [0.1, 0.15) is 63.5 Å². The molecule has 0 saturated heterocycles. The van der Waals surface area contributed by atoms with E-state index in [-0.39, 0.29) is 82.4 Å². The number of aliphatic hydroxyl groups excluding tert-OH is 1. The number of fused-ring (bicyclic) bond motifs is 5. The summed E-state index contributed by atoms with van der Waals surface area (Å²) in [4.78, 5) is 150. The first-order chi connectivity index (χ1) is 45.6. The molecule has 30 nitrogen and oxygen atoms in total. The summed E-state index contributed by atoms with van der Waals surface area (Å²) in [7, 11) is 0. The smallest absolute Gasteiger partial charge is 0.408 e. The lowest BCUT2D eigenvalue weighted by atomic mass is 9.95. The van der Waals surface area contributed by atoms with Crippen LogP contribution in [-0.2, 0) is 65.2 Å². The fraction of sp³-hybridized carbons (Fsp3) is 0.667. The Bertz CT molecular complexity index is 3070. The van der Waals surface area contributed by atoms with Gasteiger partial charge in [-0.2, -0.15) is 0 Å². The Morgan fingerprint density at radius 3 is 1.53 bits per heavy atom. The molecule has 7 atom stereocenters. The van der Waals surface area contributed by atoms with Crippen LogP contribution in [0.2, 0.25) is 0 Å². The third-order valence-electron chi connectivity index (χ3n) is 13.7. The first-order valence-electron chi connectivity index (χ1n) is 33.5. The van der Waals surface area contributed by atoms with Crippen molar-refractivity contribution < 1.29 is 91.4 Å². The zero-order valence-corrected chi connectivity index (χ0v) is 61.0. The number of ether oxygens (including phenoxy) is 6. The highest BCUT2D eigenvalue weighted by Gasteiger charge is 2.35. The second-order valence-corrected chi connectivity index (χ2v) is 30.4. The Hall–Kier alpha value is -8.83. The van der Waals surface area contributed by atoms with Gasteiger partial charge in [0, 0.05) is 70.5 Å². The minimum absolute atomic E-state index is 0.0139. The first kappa shape index (κ1) is 84.4. The number of phenolic OH excluding ortho intramolecular Hbond substituents is 1. The predicted molar refractivity (Wildman–Crippen MR) is 368 cm³/mol. The van der Waals surface area contributed by atoms with E-state index in [4.69, 9.17) is 28.4 Å². The molecule has 0 radical (unpaired) electrons. The van der Waals surface area contributed by atoms with E-state index in [1.807, 2.05) is 0 Å². The number of carbonyl (C=O) groups excluding carboxylic acids is 11. The number of carbonyl (C=O) groups is 11. The highest BCUT2D eigenvalue weighted by atomic mass is 16.6. The average molecular weight is 1400 g/mol. The topological polar surface area (TPSA) is 416 Å². The lowest BCUT2D eigenvalue weighted by Crippen LogP contribution is -2.59. The molecule has 4 bridgehead atoms. The minimum Gasteiger partial charge on any atom is -0.508 e. The van der Waals surface area contributed by atoms with Crippen LogP contribution in [0.15, 0.2) is 42.5 Å². The molecule has 2 aromatic rings. The second-order valence-electron chi connectivity index (χ2n) is 30.4. The number of phenols is 1. The largest absolute Gasteiger partial charge is 0.508 e. The molecule has 2 aromatic carbocycles. The Balaban J connectivity index is 2.03. The lowest BCUT2D eigenvalue weighted by Gasteiger charge is -2.28. The maximum atomic E-state index is 15.0. The van der Waals surface area contributed by atoms with E-state index in [0.717, 1.165) is 0 Å². The summed E-state index contributed by atoms with van der Waals surface area (Å²) in [6, 6.07) is 3.89. The van der Waals surface area contributed by atoms with Crippen LogP contribution in [-0.4, -0.2) is 185 Å². The maximum Gasteiger partial charge on any atom is 0.408 e. The maximum absolute atomic E-state index is 15.0. The van der Waals surface area contributed by atoms with Crippen molar-refractivity contribution in [1.29, 1.82) is 0 Å². The molecule has 1 aliphatic rings. The van der Waals surface area contributed by atoms with Crippen LogP contribution in [0.5, 0.6) is 5.75 Å². The van der Waals surface area contributed by atoms with Crippen LogP contribution in [0, 0.1) is 0 Å². The van der Waals surface area contributed by atoms with E-state index in [2.05, 4.69) is 58.5 Å². The summed E-state index contributed by atoms with van der Waals surface area (Å²) in [5, 5.41) is 52.1. The van der Waals surface area contributed by atoms with E-state index in [1.54, 1.807) is 161 Å². The highest BCUT2D eigenvalue weighted by Crippen LogP contribution is 2.29. The van der Waals surface area contributed by atoms with E-state index in [1.165, 1.54) is 6.07 Å². The summed E-state index contributed by atoms with van der Waals surface area (Å²) in [5.41, 5.74) is -3.38. The van der Waals surface area contributed by atoms with Crippen molar-refractivity contribution in [1.82, 2.24) is 58.5 Å². The fourth-order valence-electron chi connectivity index (χ4n) is 9.60. The van der Waals surface area contributed by atoms with Gasteiger partial charge in [0.05, 0.1) is 6.10 Å². The summed E-state index contributed by atoms with van der Waals surface area (Å²) >= 11 is 0. The SMILES string of the molecule is CC(C)(C)OC(=O)NCCC[C@@H](CNC(=O)C[C@H](CCCNC(=O)[C@H](CCCNC(=O)OC(C)(C)C)NC(=O)[C@@H]1Cc2cccc(c2)-c2ccc(O)c(c2)C[C@H](NC(=O)OC(C)(C)C)C(=O)N[C@@H](C[C@@H](O)CNC(=O)OC(C)(C)C)C(=O)N1)NC(=O)OC(C)(C)C)NC(=O)OC(C)(C)C. The van der Waals surface area contributed by atoms with Gasteiger partial charge in [-0.3, -0.25) is 24.0 Å². The summed E-state index contributed by atoms with van der Waals surface area (Å²) in [6.45, 7) is 29.6. The number of aromatic hydroxyl groups is 1. The molecule has 99 heavy (non-hydrogen) atoms. The van der Waals surface area contributed by atoms with Gasteiger partial charge < -0.3 is 97.1 Å². The number of rotatable bonds is 26. The highest BCUT2D eigenvalue weighted by molar-refractivity contribution is 5.96. The predicted octanol–water partition coefficient (Wildman–Crippen LogP) is 6.58. The molecule has 0 fully saturated rings. The summed E-state index contributed by atoms with van der Waals surface area (Å²) < 4.78 is 32.5. The molecule has 30 heteroatoms. The Morgan fingerprint density at radius 2 is 0.980 bits per heavy atom. The van der Waals surface area contributed by atoms with Crippen LogP contribution in [0.3, 0.4) is 0 Å². The van der Waals surface area contributed by atoms with Gasteiger partial charge in [0.2, 0.25) is 29.5 Å². The second kappa shape index (κ2) is 37.9. The summed E-state index contributed by atoms with van der Waals surface area (Å²) in [6.07, 6.45) is -6.88. The number of alkyl carbamates (subject to hydrolysis) is 6. The van der Waals surface area contributed by atoms with Gasteiger partial charge in [-0.1, -0.05) is 30.3 Å². The number of benzene rings is 2. The normalized spacial score (nSPS) is 16.6. The lowest BCUT2D eigenvalue weighted by molar-refractivity contribution is -0.134. The number of amides is 11. The molecule has 0 aliphatic carbocycles. The van der Waals surface area contributed by atoms with Gasteiger partial charge in [0.25, 0.3) is 0 Å². The van der Waals surface area contributed by atoms with Gasteiger partial charge in [0.15, 0.2) is 0 Å². The van der Waals surface area contributed by atoms with Crippen LogP contribution in [0.25, 0.3) is 11.1 Å². The van der Waals surface area contributed by atoms with Gasteiger partial charge >= 0.3 is 36.6 Å². The van der Waals surface area contributed by atoms with Crippen LogP contribution >= 0.6 is 0 Å². The molecule has 1 heterocycles. The molecular weight excluding hydrogens is 1290 g/mol. The Morgan fingerprint density at radius 1 is 0.505 bits per heavy atom. The van der Waals surface area contributed by atoms with Crippen molar-refractivity contribution in [3.05, 3.63) is 53.6 Å². The third-order valence-corrected chi connectivity index (χ3v) is 13.7. The quantitative estimate of drug-likeness (QED) is 0.0349. The number of hydrogen-bond acceptors (Lipinski definition) is 19.